The number of aromatic amines is 2. The summed E-state index contributed by atoms with van der Waals surface area (Å²) in [6.45, 7) is 1.43. The maximum absolute atomic E-state index is 13.2. The maximum Gasteiger partial charge on any atom is 0.416 e. The van der Waals surface area contributed by atoms with E-state index in [1.807, 2.05) is 6.07 Å². The highest BCUT2D eigenvalue weighted by Crippen LogP contribution is 2.34. The van der Waals surface area contributed by atoms with E-state index in [0.717, 1.165) is 17.1 Å². The summed E-state index contributed by atoms with van der Waals surface area (Å²) in [6.07, 6.45) is -0.975. The molecule has 0 saturated heterocycles. The van der Waals surface area contributed by atoms with Gasteiger partial charge in [-0.05, 0) is 48.9 Å². The summed E-state index contributed by atoms with van der Waals surface area (Å²) < 4.78 is 45.5. The third-order valence-corrected chi connectivity index (χ3v) is 4.91. The van der Waals surface area contributed by atoms with Crippen molar-refractivity contribution in [2.75, 3.05) is 5.32 Å². The number of nitrogens with one attached hydrogen (secondary N) is 3. The number of H-pyrrole nitrogens is 2. The summed E-state index contributed by atoms with van der Waals surface area (Å²) >= 11 is 0. The van der Waals surface area contributed by atoms with Crippen LogP contribution in [-0.4, -0.2) is 19.9 Å². The van der Waals surface area contributed by atoms with Crippen LogP contribution in [0.25, 0.3) is 22.1 Å². The van der Waals surface area contributed by atoms with E-state index in [1.54, 1.807) is 42.7 Å². The van der Waals surface area contributed by atoms with Crippen molar-refractivity contribution >= 4 is 33.7 Å². The molecular weight excluding hydrogens is 407 g/mol. The van der Waals surface area contributed by atoms with Gasteiger partial charge in [0.15, 0.2) is 0 Å². The zero-order valence-corrected chi connectivity index (χ0v) is 16.2. The molecule has 31 heavy (non-hydrogen) atoms. The molecule has 0 saturated carbocycles. The van der Waals surface area contributed by atoms with Crippen LogP contribution in [0.3, 0.4) is 0 Å². The SMILES string of the molecule is Cc1ccc(Nc2nc3ccc(Oc4ccnc5[nH]ccc45)cc3[nH]2)cc1C(F)(F)F. The molecule has 0 aliphatic rings. The second-order valence-corrected chi connectivity index (χ2v) is 7.07. The average molecular weight is 423 g/mol. The molecule has 6 nitrogen and oxygen atoms in total. The van der Waals surface area contributed by atoms with Crippen molar-refractivity contribution < 1.29 is 17.9 Å². The van der Waals surface area contributed by atoms with E-state index in [9.17, 15) is 13.2 Å². The van der Waals surface area contributed by atoms with Gasteiger partial charge in [-0.15, -0.1) is 0 Å². The molecule has 0 aliphatic heterocycles. The van der Waals surface area contributed by atoms with Gasteiger partial charge in [-0.25, -0.2) is 9.97 Å². The molecule has 3 heterocycles. The minimum absolute atomic E-state index is 0.164. The first-order valence-corrected chi connectivity index (χ1v) is 9.41. The molecule has 0 unspecified atom stereocenters. The number of ether oxygens (including phenoxy) is 1. The van der Waals surface area contributed by atoms with Crippen LogP contribution in [0.4, 0.5) is 24.8 Å². The molecule has 0 spiro atoms. The molecule has 0 atom stereocenters. The molecule has 0 bridgehead atoms. The van der Waals surface area contributed by atoms with Crippen molar-refractivity contribution in [3.05, 3.63) is 72.1 Å². The van der Waals surface area contributed by atoms with E-state index < -0.39 is 11.7 Å². The fourth-order valence-electron chi connectivity index (χ4n) is 3.40. The summed E-state index contributed by atoms with van der Waals surface area (Å²) in [4.78, 5) is 14.7. The van der Waals surface area contributed by atoms with Gasteiger partial charge in [-0.2, -0.15) is 13.2 Å². The fourth-order valence-corrected chi connectivity index (χ4v) is 3.40. The van der Waals surface area contributed by atoms with Gasteiger partial charge in [0.1, 0.15) is 17.1 Å². The maximum atomic E-state index is 13.2. The van der Waals surface area contributed by atoms with E-state index in [1.165, 1.54) is 13.0 Å². The quantitative estimate of drug-likeness (QED) is 0.317. The molecule has 0 radical (unpaired) electrons. The number of aromatic nitrogens is 4. The van der Waals surface area contributed by atoms with Crippen molar-refractivity contribution in [2.45, 2.75) is 13.1 Å². The average Bonchev–Trinajstić information content (AvgIpc) is 3.35. The number of rotatable bonds is 4. The van der Waals surface area contributed by atoms with E-state index in [2.05, 4.69) is 25.3 Å². The van der Waals surface area contributed by atoms with Crippen LogP contribution < -0.4 is 10.1 Å². The predicted octanol–water partition coefficient (Wildman–Crippen LogP) is 6.30. The lowest BCUT2D eigenvalue weighted by Gasteiger charge is -2.12. The van der Waals surface area contributed by atoms with Crippen LogP contribution in [0.1, 0.15) is 11.1 Å². The number of imidazole rings is 1. The number of aryl methyl sites for hydroxylation is 1. The van der Waals surface area contributed by atoms with Gasteiger partial charge in [0.25, 0.3) is 0 Å². The van der Waals surface area contributed by atoms with Crippen LogP contribution in [0, 0.1) is 6.92 Å². The zero-order chi connectivity index (χ0) is 21.6. The van der Waals surface area contributed by atoms with E-state index >= 15 is 0 Å². The van der Waals surface area contributed by atoms with E-state index in [0.29, 0.717) is 34.2 Å². The number of hydrogen-bond donors (Lipinski definition) is 3. The Morgan fingerprint density at radius 3 is 2.74 bits per heavy atom. The van der Waals surface area contributed by atoms with E-state index in [-0.39, 0.29) is 5.56 Å². The van der Waals surface area contributed by atoms with Gasteiger partial charge in [0.05, 0.1) is 22.0 Å². The molecule has 0 aliphatic carbocycles. The van der Waals surface area contributed by atoms with Crippen LogP contribution in [-0.2, 0) is 6.18 Å². The molecule has 2 aromatic carbocycles. The first kappa shape index (κ1) is 19.0. The monoisotopic (exact) mass is 423 g/mol. The number of alkyl halides is 3. The van der Waals surface area contributed by atoms with Crippen molar-refractivity contribution in [3.8, 4) is 11.5 Å². The van der Waals surface area contributed by atoms with Gasteiger partial charge >= 0.3 is 6.18 Å². The summed E-state index contributed by atoms with van der Waals surface area (Å²) in [5.41, 5.74) is 1.83. The molecule has 5 rings (SSSR count). The number of nitrogens with zero attached hydrogens (tertiary/aromatic N) is 2. The largest absolute Gasteiger partial charge is 0.456 e. The fraction of sp³-hybridized carbons (Fsp3) is 0.0909. The van der Waals surface area contributed by atoms with Crippen molar-refractivity contribution in [1.29, 1.82) is 0 Å². The van der Waals surface area contributed by atoms with Gasteiger partial charge in [0, 0.05) is 24.1 Å². The highest BCUT2D eigenvalue weighted by atomic mass is 19.4. The lowest BCUT2D eigenvalue weighted by atomic mass is 10.1. The Morgan fingerprint density at radius 2 is 1.90 bits per heavy atom. The number of pyridine rings is 1. The lowest BCUT2D eigenvalue weighted by Crippen LogP contribution is -2.08. The zero-order valence-electron chi connectivity index (χ0n) is 16.2. The van der Waals surface area contributed by atoms with Crippen LogP contribution >= 0.6 is 0 Å². The van der Waals surface area contributed by atoms with Crippen molar-refractivity contribution in [2.24, 2.45) is 0 Å². The minimum atomic E-state index is -4.42. The number of anilines is 2. The Hall–Kier alpha value is -4.01. The number of fused-ring (bicyclic) bond motifs is 2. The molecule has 5 aromatic rings. The van der Waals surface area contributed by atoms with Crippen LogP contribution in [0.15, 0.2) is 60.9 Å². The Labute approximate surface area is 174 Å². The second-order valence-electron chi connectivity index (χ2n) is 7.07. The molecule has 0 amide bonds. The summed E-state index contributed by atoms with van der Waals surface area (Å²) in [6, 6.07) is 13.1. The Morgan fingerprint density at radius 1 is 1.03 bits per heavy atom. The first-order chi connectivity index (χ1) is 14.9. The predicted molar refractivity (Wildman–Crippen MR) is 112 cm³/mol. The Kier molecular flexibility index (Phi) is 4.32. The van der Waals surface area contributed by atoms with Gasteiger partial charge in [-0.1, -0.05) is 6.07 Å². The number of benzene rings is 2. The van der Waals surface area contributed by atoms with Crippen molar-refractivity contribution in [1.82, 2.24) is 19.9 Å². The molecule has 3 aromatic heterocycles. The Bertz CT molecular complexity index is 1400. The molecule has 156 valence electrons. The number of hydrogen-bond acceptors (Lipinski definition) is 4. The Balaban J connectivity index is 1.42. The first-order valence-electron chi connectivity index (χ1n) is 9.41. The summed E-state index contributed by atoms with van der Waals surface area (Å²) in [5, 5.41) is 3.76. The number of halogens is 3. The highest BCUT2D eigenvalue weighted by Gasteiger charge is 2.32. The normalized spacial score (nSPS) is 11.9. The molecule has 3 N–H and O–H groups in total. The highest BCUT2D eigenvalue weighted by molar-refractivity contribution is 5.83. The summed E-state index contributed by atoms with van der Waals surface area (Å²) in [7, 11) is 0. The summed E-state index contributed by atoms with van der Waals surface area (Å²) in [5.74, 6) is 1.58. The van der Waals surface area contributed by atoms with Gasteiger partial charge in [-0.3, -0.25) is 0 Å². The third-order valence-electron chi connectivity index (χ3n) is 4.91. The smallest absolute Gasteiger partial charge is 0.416 e. The van der Waals surface area contributed by atoms with E-state index in [4.69, 9.17) is 4.74 Å². The van der Waals surface area contributed by atoms with Gasteiger partial charge < -0.3 is 20.0 Å². The minimum Gasteiger partial charge on any atom is -0.456 e. The second kappa shape index (κ2) is 7.05. The molecule has 9 heteroatoms. The van der Waals surface area contributed by atoms with Crippen LogP contribution in [0.2, 0.25) is 0 Å². The standard InChI is InChI=1S/C22H16F3N5O/c1-12-2-3-13(10-16(12)22(23,24)25)28-21-29-17-5-4-14(11-18(17)30-21)31-19-7-9-27-20-15(19)6-8-26-20/h2-11H,1H3,(H,26,27)(H2,28,29,30). The molecular formula is C22H16F3N5O. The van der Waals surface area contributed by atoms with Gasteiger partial charge in [0.2, 0.25) is 5.95 Å². The van der Waals surface area contributed by atoms with Crippen molar-refractivity contribution in [3.63, 3.8) is 0 Å². The topological polar surface area (TPSA) is 78.6 Å². The third kappa shape index (κ3) is 3.65. The lowest BCUT2D eigenvalue weighted by molar-refractivity contribution is -0.138. The van der Waals surface area contributed by atoms with Crippen LogP contribution in [0.5, 0.6) is 11.5 Å². The molecule has 0 fully saturated rings.